The lowest BCUT2D eigenvalue weighted by Crippen LogP contribution is -2.00. The molecule has 0 unspecified atom stereocenters. The van der Waals surface area contributed by atoms with Crippen LogP contribution in [0, 0.1) is 20.2 Å². The third-order valence-corrected chi connectivity index (χ3v) is 3.61. The van der Waals surface area contributed by atoms with E-state index in [0.29, 0.717) is 12.8 Å². The Bertz CT molecular complexity index is 510. The first kappa shape index (κ1) is 22.7. The van der Waals surface area contributed by atoms with E-state index in [4.69, 9.17) is 0 Å². The molecule has 0 aliphatic carbocycles. The van der Waals surface area contributed by atoms with Gasteiger partial charge in [-0.15, -0.1) is 0 Å². The van der Waals surface area contributed by atoms with Crippen LogP contribution in [0.15, 0.2) is 35.7 Å². The largest absolute Gasteiger partial charge is 0.291 e. The molecule has 0 aromatic heterocycles. The van der Waals surface area contributed by atoms with Gasteiger partial charge in [-0.05, 0) is 44.3 Å². The summed E-state index contributed by atoms with van der Waals surface area (Å²) in [4.78, 5) is 31.2. The highest BCUT2D eigenvalue weighted by Gasteiger charge is 2.11. The highest BCUT2D eigenvalue weighted by molar-refractivity contribution is 5.50. The van der Waals surface area contributed by atoms with Crippen LogP contribution < -0.4 is 0 Å². The molecule has 1 radical (unpaired) electrons. The fourth-order valence-electron chi connectivity index (χ4n) is 2.17. The molecule has 7 nitrogen and oxygen atoms in total. The van der Waals surface area contributed by atoms with Gasteiger partial charge in [-0.3, -0.25) is 25.0 Å². The van der Waals surface area contributed by atoms with Crippen LogP contribution in [0.25, 0.3) is 0 Å². The van der Waals surface area contributed by atoms with Crippen molar-refractivity contribution in [1.82, 2.24) is 0 Å². The zero-order chi connectivity index (χ0) is 18.9. The first-order valence-electron chi connectivity index (χ1n) is 8.69. The fraction of sp³-hybridized carbons (Fsp3) is 0.611. The topological polar surface area (TPSA) is 103 Å². The third kappa shape index (κ3) is 12.7. The summed E-state index contributed by atoms with van der Waals surface area (Å²) in [7, 11) is 0. The lowest BCUT2D eigenvalue weighted by atomic mass is 10.1. The Balaban J connectivity index is 4.51. The predicted molar refractivity (Wildman–Crippen MR) is 96.8 cm³/mol. The Morgan fingerprint density at radius 1 is 0.960 bits per heavy atom. The molecule has 0 spiro atoms. The Morgan fingerprint density at radius 3 is 2.24 bits per heavy atom. The van der Waals surface area contributed by atoms with Crippen LogP contribution in [0.4, 0.5) is 0 Å². The summed E-state index contributed by atoms with van der Waals surface area (Å²) < 4.78 is 0. The van der Waals surface area contributed by atoms with Gasteiger partial charge in [0.25, 0.3) is 0 Å². The third-order valence-electron chi connectivity index (χ3n) is 3.61. The van der Waals surface area contributed by atoms with Crippen LogP contribution >= 0.6 is 0 Å². The molecule has 0 fully saturated rings. The lowest BCUT2D eigenvalue weighted by Gasteiger charge is -1.98. The Labute approximate surface area is 148 Å². The van der Waals surface area contributed by atoms with Gasteiger partial charge in [0.2, 0.25) is 11.4 Å². The SMILES string of the molecule is CCCCC/C(=C/C/C=C(/C/C=C/CCCC[C]=O)[N+](=O)[O-])[N+](=O)[O-]. The summed E-state index contributed by atoms with van der Waals surface area (Å²) in [5.74, 6) is 0. The molecule has 0 aromatic rings. The minimum Gasteiger partial charge on any atom is -0.291 e. The van der Waals surface area contributed by atoms with Crippen LogP contribution in [-0.4, -0.2) is 16.1 Å². The Hall–Kier alpha value is -2.31. The molecule has 0 aromatic carbocycles. The molecule has 0 rings (SSSR count). The van der Waals surface area contributed by atoms with Crippen molar-refractivity contribution in [2.75, 3.05) is 0 Å². The predicted octanol–water partition coefficient (Wildman–Crippen LogP) is 4.89. The molecule has 7 heteroatoms. The van der Waals surface area contributed by atoms with Crippen molar-refractivity contribution in [1.29, 1.82) is 0 Å². The maximum atomic E-state index is 11.0. The fourth-order valence-corrected chi connectivity index (χ4v) is 2.17. The molecule has 0 atom stereocenters. The van der Waals surface area contributed by atoms with Crippen molar-refractivity contribution < 1.29 is 14.6 Å². The summed E-state index contributed by atoms with van der Waals surface area (Å²) in [5.41, 5.74) is 0.153. The monoisotopic (exact) mass is 351 g/mol. The molecule has 0 heterocycles. The molecule has 0 aliphatic rings. The number of hydrogen-bond acceptors (Lipinski definition) is 5. The summed E-state index contributed by atoms with van der Waals surface area (Å²) in [6, 6.07) is 0. The molecule has 0 N–H and O–H groups in total. The van der Waals surface area contributed by atoms with E-state index in [1.54, 1.807) is 6.08 Å². The van der Waals surface area contributed by atoms with Gasteiger partial charge < -0.3 is 0 Å². The second kappa shape index (κ2) is 15.2. The normalized spacial score (nSPS) is 12.5. The van der Waals surface area contributed by atoms with Gasteiger partial charge in [0.05, 0.1) is 16.3 Å². The first-order chi connectivity index (χ1) is 12.0. The van der Waals surface area contributed by atoms with E-state index >= 15 is 0 Å². The van der Waals surface area contributed by atoms with Gasteiger partial charge >= 0.3 is 0 Å². The van der Waals surface area contributed by atoms with Gasteiger partial charge in [-0.25, -0.2) is 0 Å². The van der Waals surface area contributed by atoms with Gasteiger partial charge in [0.15, 0.2) is 6.29 Å². The lowest BCUT2D eigenvalue weighted by molar-refractivity contribution is -0.428. The number of rotatable bonds is 15. The molecule has 0 bridgehead atoms. The van der Waals surface area contributed by atoms with Crippen LogP contribution in [-0.2, 0) is 4.79 Å². The van der Waals surface area contributed by atoms with Crippen molar-refractivity contribution in [3.05, 3.63) is 55.9 Å². The minimum absolute atomic E-state index is 0.0324. The smallest absolute Gasteiger partial charge is 0.246 e. The van der Waals surface area contributed by atoms with Crippen LogP contribution in [0.1, 0.15) is 71.1 Å². The van der Waals surface area contributed by atoms with E-state index in [9.17, 15) is 25.0 Å². The van der Waals surface area contributed by atoms with Crippen molar-refractivity contribution in [2.45, 2.75) is 71.1 Å². The number of hydrogen-bond donors (Lipinski definition) is 0. The number of carbonyl (C=O) groups excluding carboxylic acids is 1. The molecule has 0 saturated heterocycles. The van der Waals surface area contributed by atoms with E-state index in [2.05, 4.69) is 0 Å². The molecule has 139 valence electrons. The first-order valence-corrected chi connectivity index (χ1v) is 8.69. The number of nitro groups is 2. The van der Waals surface area contributed by atoms with Gasteiger partial charge in [0, 0.05) is 12.8 Å². The molecular formula is C18H27N2O5. The zero-order valence-electron chi connectivity index (χ0n) is 14.8. The van der Waals surface area contributed by atoms with Crippen LogP contribution in [0.2, 0.25) is 0 Å². The Morgan fingerprint density at radius 2 is 1.64 bits per heavy atom. The van der Waals surface area contributed by atoms with Gasteiger partial charge in [-0.1, -0.05) is 31.9 Å². The molecular weight excluding hydrogens is 324 g/mol. The zero-order valence-corrected chi connectivity index (χ0v) is 14.8. The summed E-state index contributed by atoms with van der Waals surface area (Å²) >= 11 is 0. The average Bonchev–Trinajstić information content (AvgIpc) is 2.57. The van der Waals surface area contributed by atoms with E-state index in [0.717, 1.165) is 38.5 Å². The van der Waals surface area contributed by atoms with Crippen molar-refractivity contribution in [3.8, 4) is 0 Å². The van der Waals surface area contributed by atoms with Crippen LogP contribution in [0.3, 0.4) is 0 Å². The summed E-state index contributed by atoms with van der Waals surface area (Å²) in [6.07, 6.45) is 14.5. The number of unbranched alkanes of at least 4 members (excludes halogenated alkanes) is 5. The number of allylic oxidation sites excluding steroid dienone is 5. The molecule has 0 saturated carbocycles. The highest BCUT2D eigenvalue weighted by Crippen LogP contribution is 2.12. The summed E-state index contributed by atoms with van der Waals surface area (Å²) in [6.45, 7) is 2.02. The van der Waals surface area contributed by atoms with Crippen molar-refractivity contribution >= 4 is 6.29 Å². The van der Waals surface area contributed by atoms with E-state index < -0.39 is 9.85 Å². The maximum Gasteiger partial charge on any atom is 0.246 e. The Kier molecular flexibility index (Phi) is 13.8. The number of nitrogens with zero attached hydrogens (tertiary/aromatic N) is 2. The van der Waals surface area contributed by atoms with E-state index in [1.807, 2.05) is 19.3 Å². The van der Waals surface area contributed by atoms with Gasteiger partial charge in [-0.2, -0.15) is 0 Å². The molecule has 0 amide bonds. The van der Waals surface area contributed by atoms with Crippen molar-refractivity contribution in [3.63, 3.8) is 0 Å². The van der Waals surface area contributed by atoms with E-state index in [-0.39, 0.29) is 24.2 Å². The quantitative estimate of drug-likeness (QED) is 0.181. The van der Waals surface area contributed by atoms with Crippen molar-refractivity contribution in [2.24, 2.45) is 0 Å². The van der Waals surface area contributed by atoms with Gasteiger partial charge in [0.1, 0.15) is 0 Å². The molecule has 25 heavy (non-hydrogen) atoms. The maximum absolute atomic E-state index is 11.0. The highest BCUT2D eigenvalue weighted by atomic mass is 16.6. The average molecular weight is 351 g/mol. The minimum atomic E-state index is -0.456. The standard InChI is InChI=1S/C18H27N2O5/c1-2-3-8-12-17(19(22)23)14-11-15-18(20(24)25)13-9-6-4-5-7-10-16-21/h6,9,14-15H,2-5,7-8,10-13H2,1H3/b9-6+,17-14-,18-15-. The van der Waals surface area contributed by atoms with E-state index in [1.165, 1.54) is 12.2 Å². The second-order valence-electron chi connectivity index (χ2n) is 5.66. The second-order valence-corrected chi connectivity index (χ2v) is 5.66. The molecule has 0 aliphatic heterocycles. The summed E-state index contributed by atoms with van der Waals surface area (Å²) in [5, 5.41) is 22.0. The van der Waals surface area contributed by atoms with Crippen LogP contribution in [0.5, 0.6) is 0 Å².